The number of amides is 2. The van der Waals surface area contributed by atoms with E-state index in [1.807, 2.05) is 54.6 Å². The summed E-state index contributed by atoms with van der Waals surface area (Å²) in [4.78, 5) is 23.8. The van der Waals surface area contributed by atoms with E-state index in [9.17, 15) is 14.0 Å². The van der Waals surface area contributed by atoms with Gasteiger partial charge in [-0.2, -0.15) is 0 Å². The van der Waals surface area contributed by atoms with Crippen LogP contribution in [0.15, 0.2) is 78.9 Å². The minimum Gasteiger partial charge on any atom is -0.489 e. The molecule has 0 spiro atoms. The van der Waals surface area contributed by atoms with Gasteiger partial charge in [-0.1, -0.05) is 54.6 Å². The maximum atomic E-state index is 13.1. The van der Waals surface area contributed by atoms with Crippen LogP contribution in [-0.4, -0.2) is 18.4 Å². The highest BCUT2D eigenvalue weighted by Crippen LogP contribution is 2.12. The molecular weight excluding hydrogens is 383 g/mol. The number of nitrogens with one attached hydrogen (secondary N) is 2. The molecule has 3 aromatic rings. The van der Waals surface area contributed by atoms with Gasteiger partial charge in [0, 0.05) is 6.54 Å². The summed E-state index contributed by atoms with van der Waals surface area (Å²) in [6.45, 7) is 0.698. The second-order valence-electron chi connectivity index (χ2n) is 6.78. The Morgan fingerprint density at radius 3 is 2.23 bits per heavy atom. The van der Waals surface area contributed by atoms with Crippen molar-refractivity contribution in [3.8, 4) is 5.75 Å². The van der Waals surface area contributed by atoms with E-state index in [4.69, 9.17) is 4.74 Å². The number of para-hydroxylation sites is 1. The topological polar surface area (TPSA) is 67.4 Å². The van der Waals surface area contributed by atoms with Crippen LogP contribution in [0.5, 0.6) is 5.75 Å². The molecule has 0 unspecified atom stereocenters. The van der Waals surface area contributed by atoms with Crippen molar-refractivity contribution in [1.82, 2.24) is 10.6 Å². The number of carbonyl (C=O) groups excluding carboxylic acids is 2. The van der Waals surface area contributed by atoms with E-state index in [-0.39, 0.29) is 24.8 Å². The van der Waals surface area contributed by atoms with Crippen molar-refractivity contribution >= 4 is 11.8 Å². The van der Waals surface area contributed by atoms with Crippen molar-refractivity contribution in [1.29, 1.82) is 0 Å². The number of carbonyl (C=O) groups is 2. The van der Waals surface area contributed by atoms with E-state index >= 15 is 0 Å². The van der Waals surface area contributed by atoms with Crippen LogP contribution in [0.4, 0.5) is 4.39 Å². The van der Waals surface area contributed by atoms with Crippen LogP contribution in [-0.2, 0) is 29.2 Å². The lowest BCUT2D eigenvalue weighted by Gasteiger charge is -2.09. The summed E-state index contributed by atoms with van der Waals surface area (Å²) in [7, 11) is 0. The molecule has 2 N–H and O–H groups in total. The summed E-state index contributed by atoms with van der Waals surface area (Å²) in [5.74, 6) is -0.207. The molecular formula is C24H23FN2O3. The summed E-state index contributed by atoms with van der Waals surface area (Å²) >= 11 is 0. The van der Waals surface area contributed by atoms with Crippen molar-refractivity contribution in [2.45, 2.75) is 19.6 Å². The molecule has 0 aromatic heterocycles. The van der Waals surface area contributed by atoms with Crippen molar-refractivity contribution < 1.29 is 18.7 Å². The van der Waals surface area contributed by atoms with Gasteiger partial charge in [0.1, 0.15) is 18.2 Å². The quantitative estimate of drug-likeness (QED) is 0.573. The fourth-order valence-electron chi connectivity index (χ4n) is 2.77. The molecule has 0 bridgehead atoms. The third kappa shape index (κ3) is 7.05. The standard InChI is InChI=1S/C24H23FN2O3/c25-21-6-4-5-20(13-21)14-23(28)27-16-24(29)26-15-18-9-11-19(12-10-18)17-30-22-7-2-1-3-8-22/h1-13H,14-17H2,(H,26,29)(H,27,28). The smallest absolute Gasteiger partial charge is 0.239 e. The van der Waals surface area contributed by atoms with Crippen LogP contribution < -0.4 is 15.4 Å². The fraction of sp³-hybridized carbons (Fsp3) is 0.167. The van der Waals surface area contributed by atoms with E-state index in [1.54, 1.807) is 12.1 Å². The summed E-state index contributed by atoms with van der Waals surface area (Å²) in [6.07, 6.45) is 0.0254. The first-order chi connectivity index (χ1) is 14.6. The van der Waals surface area contributed by atoms with E-state index in [0.29, 0.717) is 18.7 Å². The average Bonchev–Trinajstić information content (AvgIpc) is 2.76. The number of benzene rings is 3. The summed E-state index contributed by atoms with van der Waals surface area (Å²) in [6, 6.07) is 23.2. The Balaban J connectivity index is 1.36. The van der Waals surface area contributed by atoms with E-state index in [2.05, 4.69) is 10.6 Å². The predicted octanol–water partition coefficient (Wildman–Crippen LogP) is 3.38. The molecule has 5 nitrogen and oxygen atoms in total. The Bertz CT molecular complexity index is 975. The first-order valence-corrected chi connectivity index (χ1v) is 9.62. The minimum atomic E-state index is -0.393. The third-order valence-corrected chi connectivity index (χ3v) is 4.36. The zero-order valence-corrected chi connectivity index (χ0v) is 16.4. The monoisotopic (exact) mass is 406 g/mol. The van der Waals surface area contributed by atoms with Gasteiger partial charge in [0.25, 0.3) is 0 Å². The van der Waals surface area contributed by atoms with Gasteiger partial charge in [-0.25, -0.2) is 4.39 Å². The number of rotatable bonds is 9. The molecule has 0 atom stereocenters. The zero-order valence-electron chi connectivity index (χ0n) is 16.4. The highest BCUT2D eigenvalue weighted by Gasteiger charge is 2.07. The Morgan fingerprint density at radius 2 is 1.50 bits per heavy atom. The molecule has 0 aliphatic rings. The van der Waals surface area contributed by atoms with Crippen LogP contribution in [0.1, 0.15) is 16.7 Å². The largest absolute Gasteiger partial charge is 0.489 e. The summed E-state index contributed by atoms with van der Waals surface area (Å²) in [5.41, 5.74) is 2.53. The van der Waals surface area contributed by atoms with Crippen LogP contribution in [0, 0.1) is 5.82 Å². The van der Waals surface area contributed by atoms with Crippen LogP contribution in [0.3, 0.4) is 0 Å². The maximum absolute atomic E-state index is 13.1. The molecule has 0 aliphatic carbocycles. The first-order valence-electron chi connectivity index (χ1n) is 9.62. The van der Waals surface area contributed by atoms with Crippen LogP contribution >= 0.6 is 0 Å². The van der Waals surface area contributed by atoms with Gasteiger partial charge in [-0.05, 0) is 41.0 Å². The van der Waals surface area contributed by atoms with Crippen molar-refractivity contribution in [2.75, 3.05) is 6.54 Å². The van der Waals surface area contributed by atoms with Gasteiger partial charge in [0.15, 0.2) is 0 Å². The minimum absolute atomic E-state index is 0.0254. The molecule has 3 rings (SSSR count). The second-order valence-corrected chi connectivity index (χ2v) is 6.78. The fourth-order valence-corrected chi connectivity index (χ4v) is 2.77. The summed E-state index contributed by atoms with van der Waals surface area (Å²) in [5, 5.41) is 5.30. The molecule has 0 heterocycles. The summed E-state index contributed by atoms with van der Waals surface area (Å²) < 4.78 is 18.8. The van der Waals surface area contributed by atoms with Gasteiger partial charge < -0.3 is 15.4 Å². The number of hydrogen-bond acceptors (Lipinski definition) is 3. The van der Waals surface area contributed by atoms with Gasteiger partial charge in [0.05, 0.1) is 13.0 Å². The van der Waals surface area contributed by atoms with Gasteiger partial charge in [-0.3, -0.25) is 9.59 Å². The lowest BCUT2D eigenvalue weighted by molar-refractivity contribution is -0.125. The third-order valence-electron chi connectivity index (χ3n) is 4.36. The van der Waals surface area contributed by atoms with E-state index in [1.165, 1.54) is 12.1 Å². The Labute approximate surface area is 174 Å². The molecule has 3 aromatic carbocycles. The molecule has 0 radical (unpaired) electrons. The molecule has 6 heteroatoms. The van der Waals surface area contributed by atoms with E-state index in [0.717, 1.165) is 16.9 Å². The Morgan fingerprint density at radius 1 is 0.767 bits per heavy atom. The number of ether oxygens (including phenoxy) is 1. The average molecular weight is 406 g/mol. The normalized spacial score (nSPS) is 10.3. The maximum Gasteiger partial charge on any atom is 0.239 e. The van der Waals surface area contributed by atoms with Crippen molar-refractivity contribution in [2.24, 2.45) is 0 Å². The van der Waals surface area contributed by atoms with Gasteiger partial charge in [-0.15, -0.1) is 0 Å². The molecule has 30 heavy (non-hydrogen) atoms. The second kappa shape index (κ2) is 10.8. The number of halogens is 1. The van der Waals surface area contributed by atoms with Crippen molar-refractivity contribution in [3.05, 3.63) is 101 Å². The molecule has 0 aliphatic heterocycles. The van der Waals surface area contributed by atoms with Crippen LogP contribution in [0.2, 0.25) is 0 Å². The SMILES string of the molecule is O=C(CNC(=O)Cc1cccc(F)c1)NCc1ccc(COc2ccccc2)cc1. The lowest BCUT2D eigenvalue weighted by atomic mass is 10.1. The highest BCUT2D eigenvalue weighted by molar-refractivity contribution is 5.85. The first kappa shape index (κ1) is 21.0. The Hall–Kier alpha value is -3.67. The lowest BCUT2D eigenvalue weighted by Crippen LogP contribution is -2.37. The highest BCUT2D eigenvalue weighted by atomic mass is 19.1. The molecule has 0 saturated carbocycles. The van der Waals surface area contributed by atoms with Crippen LogP contribution in [0.25, 0.3) is 0 Å². The molecule has 0 fully saturated rings. The van der Waals surface area contributed by atoms with Crippen molar-refractivity contribution in [3.63, 3.8) is 0 Å². The van der Waals surface area contributed by atoms with Gasteiger partial charge in [0.2, 0.25) is 11.8 Å². The molecule has 0 saturated heterocycles. The molecule has 2 amide bonds. The number of hydrogen-bond donors (Lipinski definition) is 2. The predicted molar refractivity (Wildman–Crippen MR) is 112 cm³/mol. The zero-order chi connectivity index (χ0) is 21.2. The van der Waals surface area contributed by atoms with E-state index < -0.39 is 5.82 Å². The van der Waals surface area contributed by atoms with Gasteiger partial charge >= 0.3 is 0 Å². The Kier molecular flexibility index (Phi) is 7.55. The molecule has 154 valence electrons.